The van der Waals surface area contributed by atoms with Gasteiger partial charge in [0.1, 0.15) is 5.82 Å². The molecule has 6 heteroatoms. The van der Waals surface area contributed by atoms with Gasteiger partial charge >= 0.3 is 5.97 Å². The van der Waals surface area contributed by atoms with Crippen LogP contribution in [0.2, 0.25) is 0 Å². The number of methoxy groups -OCH3 is 1. The monoisotopic (exact) mass is 344 g/mol. The van der Waals surface area contributed by atoms with Crippen molar-refractivity contribution in [3.05, 3.63) is 66.5 Å². The van der Waals surface area contributed by atoms with Crippen molar-refractivity contribution in [1.82, 2.24) is 9.97 Å². The van der Waals surface area contributed by atoms with Crippen molar-refractivity contribution in [3.8, 4) is 0 Å². The molecule has 0 unspecified atom stereocenters. The summed E-state index contributed by atoms with van der Waals surface area (Å²) >= 11 is 0. The van der Waals surface area contributed by atoms with Crippen LogP contribution >= 0.6 is 0 Å². The molecule has 2 heterocycles. The van der Waals surface area contributed by atoms with E-state index in [-0.39, 0.29) is 0 Å². The Kier molecular flexibility index (Phi) is 3.85. The molecule has 0 bridgehead atoms. The second-order valence-corrected chi connectivity index (χ2v) is 5.86. The highest BCUT2D eigenvalue weighted by atomic mass is 16.5. The number of carbonyl (C=O) groups is 1. The molecular weight excluding hydrogens is 328 g/mol. The molecule has 0 radical (unpaired) electrons. The fourth-order valence-corrected chi connectivity index (χ4v) is 2.94. The number of benzene rings is 2. The Labute approximate surface area is 149 Å². The third-order valence-corrected chi connectivity index (χ3v) is 4.17. The zero-order chi connectivity index (χ0) is 18.1. The fraction of sp³-hybridized carbons (Fsp3) is 0.0500. The van der Waals surface area contributed by atoms with Crippen LogP contribution in [-0.4, -0.2) is 23.0 Å². The van der Waals surface area contributed by atoms with E-state index in [0.29, 0.717) is 22.6 Å². The summed E-state index contributed by atoms with van der Waals surface area (Å²) in [6.45, 7) is 0. The molecule has 0 spiro atoms. The van der Waals surface area contributed by atoms with E-state index >= 15 is 0 Å². The molecule has 26 heavy (non-hydrogen) atoms. The Bertz CT molecular complexity index is 1140. The van der Waals surface area contributed by atoms with E-state index in [9.17, 15) is 4.79 Å². The molecule has 0 amide bonds. The molecule has 0 aliphatic heterocycles. The molecule has 0 atom stereocenters. The van der Waals surface area contributed by atoms with Gasteiger partial charge in [-0.2, -0.15) is 0 Å². The first-order chi connectivity index (χ1) is 12.7. The summed E-state index contributed by atoms with van der Waals surface area (Å²) in [7, 11) is 1.36. The summed E-state index contributed by atoms with van der Waals surface area (Å²) < 4.78 is 4.80. The van der Waals surface area contributed by atoms with Crippen LogP contribution in [0.4, 0.5) is 17.2 Å². The second-order valence-electron chi connectivity index (χ2n) is 5.86. The summed E-state index contributed by atoms with van der Waals surface area (Å²) in [6.07, 6.45) is 3.52. The molecule has 0 aliphatic rings. The standard InChI is InChI=1S/C20H16N4O2/c1-26-20(25)12-5-6-15-17-11-22-8-7-16(17)19(24-18(15)9-12)23-14-4-2-3-13(21)10-14/h2-11H,21H2,1H3,(H,23,24). The van der Waals surface area contributed by atoms with Crippen LogP contribution in [0.5, 0.6) is 0 Å². The maximum atomic E-state index is 11.8. The first kappa shape index (κ1) is 15.8. The third kappa shape index (κ3) is 2.77. The molecule has 2 aromatic carbocycles. The van der Waals surface area contributed by atoms with Gasteiger partial charge in [-0.3, -0.25) is 4.98 Å². The van der Waals surface area contributed by atoms with Gasteiger partial charge in [0.25, 0.3) is 0 Å². The molecular formula is C20H16N4O2. The Hall–Kier alpha value is -3.67. The Morgan fingerprint density at radius 3 is 2.77 bits per heavy atom. The minimum Gasteiger partial charge on any atom is -0.465 e. The normalized spacial score (nSPS) is 10.8. The van der Waals surface area contributed by atoms with E-state index in [1.807, 2.05) is 36.4 Å². The molecule has 0 aliphatic carbocycles. The van der Waals surface area contributed by atoms with E-state index in [0.717, 1.165) is 21.8 Å². The van der Waals surface area contributed by atoms with Crippen LogP contribution in [0.1, 0.15) is 10.4 Å². The van der Waals surface area contributed by atoms with E-state index in [4.69, 9.17) is 15.5 Å². The molecule has 0 saturated heterocycles. The first-order valence-electron chi connectivity index (χ1n) is 8.04. The van der Waals surface area contributed by atoms with Crippen LogP contribution in [0.3, 0.4) is 0 Å². The summed E-state index contributed by atoms with van der Waals surface area (Å²) in [5.74, 6) is 0.271. The highest BCUT2D eigenvalue weighted by Crippen LogP contribution is 2.31. The van der Waals surface area contributed by atoms with E-state index in [1.54, 1.807) is 24.5 Å². The first-order valence-corrected chi connectivity index (χ1v) is 8.04. The van der Waals surface area contributed by atoms with Crippen LogP contribution in [0.25, 0.3) is 21.7 Å². The van der Waals surface area contributed by atoms with Crippen molar-refractivity contribution in [1.29, 1.82) is 0 Å². The number of carbonyl (C=O) groups excluding carboxylic acids is 1. The maximum absolute atomic E-state index is 11.8. The van der Waals surface area contributed by atoms with Crippen molar-refractivity contribution in [3.63, 3.8) is 0 Å². The van der Waals surface area contributed by atoms with E-state index < -0.39 is 5.97 Å². The van der Waals surface area contributed by atoms with Gasteiger partial charge in [-0.15, -0.1) is 0 Å². The zero-order valence-corrected chi connectivity index (χ0v) is 14.1. The number of aromatic nitrogens is 2. The van der Waals surface area contributed by atoms with Crippen LogP contribution in [-0.2, 0) is 4.74 Å². The van der Waals surface area contributed by atoms with E-state index in [2.05, 4.69) is 10.3 Å². The summed E-state index contributed by atoms with van der Waals surface area (Å²) in [5.41, 5.74) is 8.49. The Morgan fingerprint density at radius 1 is 1.08 bits per heavy atom. The quantitative estimate of drug-likeness (QED) is 0.333. The summed E-state index contributed by atoms with van der Waals surface area (Å²) in [6, 6.07) is 14.7. The molecule has 6 nitrogen and oxygen atoms in total. The minimum absolute atomic E-state index is 0.398. The van der Waals surface area contributed by atoms with Crippen molar-refractivity contribution in [2.45, 2.75) is 0 Å². The molecule has 0 fully saturated rings. The highest BCUT2D eigenvalue weighted by Gasteiger charge is 2.12. The lowest BCUT2D eigenvalue weighted by atomic mass is 10.1. The number of hydrogen-bond acceptors (Lipinski definition) is 6. The Balaban J connectivity index is 1.93. The Morgan fingerprint density at radius 2 is 1.96 bits per heavy atom. The number of rotatable bonds is 3. The zero-order valence-electron chi connectivity index (χ0n) is 14.1. The average Bonchev–Trinajstić information content (AvgIpc) is 2.67. The predicted molar refractivity (Wildman–Crippen MR) is 103 cm³/mol. The van der Waals surface area contributed by atoms with Crippen molar-refractivity contribution in [2.24, 2.45) is 0 Å². The number of nitrogen functional groups attached to an aromatic ring is 1. The van der Waals surface area contributed by atoms with Gasteiger partial charge in [-0.25, -0.2) is 9.78 Å². The number of nitrogens with two attached hydrogens (primary N) is 1. The van der Waals surface area contributed by atoms with Gasteiger partial charge in [-0.1, -0.05) is 12.1 Å². The number of anilines is 3. The largest absolute Gasteiger partial charge is 0.465 e. The predicted octanol–water partition coefficient (Wildman–Crippen LogP) is 3.90. The second kappa shape index (κ2) is 6.33. The molecule has 4 aromatic rings. The van der Waals surface area contributed by atoms with E-state index in [1.165, 1.54) is 7.11 Å². The van der Waals surface area contributed by atoms with Crippen molar-refractivity contribution in [2.75, 3.05) is 18.2 Å². The smallest absolute Gasteiger partial charge is 0.337 e. The average molecular weight is 344 g/mol. The van der Waals surface area contributed by atoms with Crippen LogP contribution in [0.15, 0.2) is 60.9 Å². The van der Waals surface area contributed by atoms with Crippen LogP contribution < -0.4 is 11.1 Å². The van der Waals surface area contributed by atoms with Crippen molar-refractivity contribution >= 4 is 44.8 Å². The van der Waals surface area contributed by atoms with Crippen molar-refractivity contribution < 1.29 is 9.53 Å². The minimum atomic E-state index is -0.398. The highest BCUT2D eigenvalue weighted by molar-refractivity contribution is 6.11. The van der Waals surface area contributed by atoms with Gasteiger partial charge in [-0.05, 0) is 36.4 Å². The molecule has 2 aromatic heterocycles. The molecule has 3 N–H and O–H groups in total. The number of hydrogen-bond donors (Lipinski definition) is 2. The lowest BCUT2D eigenvalue weighted by Crippen LogP contribution is -2.02. The third-order valence-electron chi connectivity index (χ3n) is 4.17. The van der Waals surface area contributed by atoms with Gasteiger partial charge < -0.3 is 15.8 Å². The topological polar surface area (TPSA) is 90.1 Å². The summed E-state index contributed by atoms with van der Waals surface area (Å²) in [4.78, 5) is 20.8. The molecule has 4 rings (SSSR count). The molecule has 128 valence electrons. The number of ether oxygens (including phenoxy) is 1. The maximum Gasteiger partial charge on any atom is 0.337 e. The number of fused-ring (bicyclic) bond motifs is 3. The van der Waals surface area contributed by atoms with Crippen LogP contribution in [0, 0.1) is 0 Å². The SMILES string of the molecule is COC(=O)c1ccc2c(c1)nc(Nc1cccc(N)c1)c1ccncc12. The number of esters is 1. The van der Waals surface area contributed by atoms with Gasteiger partial charge in [0, 0.05) is 39.9 Å². The number of nitrogens with one attached hydrogen (secondary N) is 1. The van der Waals surface area contributed by atoms with Gasteiger partial charge in [0.05, 0.1) is 18.2 Å². The lowest BCUT2D eigenvalue weighted by molar-refractivity contribution is 0.0601. The van der Waals surface area contributed by atoms with Gasteiger partial charge in [0.2, 0.25) is 0 Å². The molecule has 0 saturated carbocycles. The summed E-state index contributed by atoms with van der Waals surface area (Å²) in [5, 5.41) is 6.10. The lowest BCUT2D eigenvalue weighted by Gasteiger charge is -2.12. The fourth-order valence-electron chi connectivity index (χ4n) is 2.94. The number of pyridine rings is 2. The number of nitrogens with zero attached hydrogens (tertiary/aromatic N) is 2. The van der Waals surface area contributed by atoms with Gasteiger partial charge in [0.15, 0.2) is 0 Å².